The van der Waals surface area contributed by atoms with E-state index in [9.17, 15) is 4.21 Å². The average Bonchev–Trinajstić information content (AvgIpc) is 2.69. The van der Waals surface area contributed by atoms with Crippen LogP contribution in [0.2, 0.25) is 0 Å². The summed E-state index contributed by atoms with van der Waals surface area (Å²) in [6.45, 7) is 7.00. The van der Waals surface area contributed by atoms with Gasteiger partial charge in [-0.05, 0) is 33.6 Å². The molecule has 0 aliphatic heterocycles. The van der Waals surface area contributed by atoms with Crippen molar-refractivity contribution in [2.45, 2.75) is 44.4 Å². The topological polar surface area (TPSA) is 29.1 Å². The van der Waals surface area contributed by atoms with Crippen LogP contribution in [0.5, 0.6) is 0 Å². The van der Waals surface area contributed by atoms with Gasteiger partial charge in [-0.1, -0.05) is 0 Å². The first kappa shape index (κ1) is 10.2. The minimum atomic E-state index is -0.688. The number of hydrogen-bond acceptors (Lipinski definition) is 2. The average molecular weight is 189 g/mol. The Morgan fingerprint density at radius 2 is 2.00 bits per heavy atom. The summed E-state index contributed by atoms with van der Waals surface area (Å²) in [6.07, 6.45) is 2.62. The van der Waals surface area contributed by atoms with E-state index in [1.165, 1.54) is 12.8 Å². The van der Waals surface area contributed by atoms with Gasteiger partial charge in [-0.15, -0.1) is 0 Å². The van der Waals surface area contributed by atoms with Gasteiger partial charge in [0.15, 0.2) is 0 Å². The third-order valence-corrected chi connectivity index (χ3v) is 3.92. The van der Waals surface area contributed by atoms with Crippen LogP contribution in [0.4, 0.5) is 0 Å². The van der Waals surface area contributed by atoms with Gasteiger partial charge in [-0.2, -0.15) is 0 Å². The van der Waals surface area contributed by atoms with Crippen molar-refractivity contribution in [1.29, 1.82) is 0 Å². The molecule has 0 heterocycles. The van der Waals surface area contributed by atoms with Crippen LogP contribution in [0, 0.1) is 0 Å². The van der Waals surface area contributed by atoms with Gasteiger partial charge in [0.1, 0.15) is 0 Å². The number of nitrogens with one attached hydrogen (secondary N) is 1. The molecule has 1 fully saturated rings. The summed E-state index contributed by atoms with van der Waals surface area (Å²) in [7, 11) is -0.688. The zero-order valence-corrected chi connectivity index (χ0v) is 9.04. The predicted octanol–water partition coefficient (Wildman–Crippen LogP) is 1.29. The Kier molecular flexibility index (Phi) is 3.29. The first-order valence-corrected chi connectivity index (χ1v) is 5.94. The van der Waals surface area contributed by atoms with E-state index in [4.69, 9.17) is 0 Å². The number of hydrogen-bond donors (Lipinski definition) is 1. The molecule has 12 heavy (non-hydrogen) atoms. The largest absolute Gasteiger partial charge is 0.313 e. The Hall–Kier alpha value is 0.110. The van der Waals surface area contributed by atoms with Gasteiger partial charge in [0.25, 0.3) is 0 Å². The maximum absolute atomic E-state index is 11.5. The smallest absolute Gasteiger partial charge is 0.0375 e. The fraction of sp³-hybridized carbons (Fsp3) is 1.00. The van der Waals surface area contributed by atoms with Crippen molar-refractivity contribution in [3.8, 4) is 0 Å². The molecule has 72 valence electrons. The molecule has 0 radical (unpaired) electrons. The van der Waals surface area contributed by atoms with Crippen molar-refractivity contribution in [3.05, 3.63) is 0 Å². The SMILES string of the molecule is CC(C)(C)S(=O)CCNC1CC1. The highest BCUT2D eigenvalue weighted by Gasteiger charge is 2.22. The van der Waals surface area contributed by atoms with Gasteiger partial charge in [0.2, 0.25) is 0 Å². The lowest BCUT2D eigenvalue weighted by Gasteiger charge is -2.17. The van der Waals surface area contributed by atoms with Crippen molar-refractivity contribution in [1.82, 2.24) is 5.32 Å². The van der Waals surface area contributed by atoms with E-state index in [-0.39, 0.29) is 4.75 Å². The lowest BCUT2D eigenvalue weighted by molar-refractivity contribution is 0.640. The maximum atomic E-state index is 11.5. The molecule has 1 aliphatic rings. The van der Waals surface area contributed by atoms with Crippen molar-refractivity contribution >= 4 is 10.8 Å². The molecule has 1 saturated carbocycles. The molecule has 1 unspecified atom stereocenters. The Balaban J connectivity index is 2.08. The minimum Gasteiger partial charge on any atom is -0.313 e. The molecule has 1 N–H and O–H groups in total. The number of rotatable bonds is 4. The molecular formula is C9H19NOS. The zero-order chi connectivity index (χ0) is 9.19. The highest BCUT2D eigenvalue weighted by atomic mass is 32.2. The normalized spacial score (nSPS) is 20.9. The van der Waals surface area contributed by atoms with E-state index >= 15 is 0 Å². The first-order valence-electron chi connectivity index (χ1n) is 4.62. The summed E-state index contributed by atoms with van der Waals surface area (Å²) < 4.78 is 11.5. The maximum Gasteiger partial charge on any atom is 0.0375 e. The van der Waals surface area contributed by atoms with E-state index in [0.29, 0.717) is 0 Å². The van der Waals surface area contributed by atoms with Crippen LogP contribution in [0.3, 0.4) is 0 Å². The van der Waals surface area contributed by atoms with Gasteiger partial charge in [-0.25, -0.2) is 0 Å². The molecular weight excluding hydrogens is 170 g/mol. The van der Waals surface area contributed by atoms with Crippen LogP contribution in [-0.4, -0.2) is 27.3 Å². The third kappa shape index (κ3) is 3.68. The second kappa shape index (κ2) is 3.88. The van der Waals surface area contributed by atoms with Crippen molar-refractivity contribution in [3.63, 3.8) is 0 Å². The van der Waals surface area contributed by atoms with E-state index in [0.717, 1.165) is 18.3 Å². The van der Waals surface area contributed by atoms with E-state index in [1.54, 1.807) is 0 Å². The van der Waals surface area contributed by atoms with Gasteiger partial charge >= 0.3 is 0 Å². The Bertz CT molecular complexity index is 170. The molecule has 1 rings (SSSR count). The lowest BCUT2D eigenvalue weighted by Crippen LogP contribution is -2.30. The van der Waals surface area contributed by atoms with E-state index < -0.39 is 10.8 Å². The van der Waals surface area contributed by atoms with E-state index in [1.807, 2.05) is 20.8 Å². The second-order valence-electron chi connectivity index (χ2n) is 4.39. The molecule has 0 spiro atoms. The monoisotopic (exact) mass is 189 g/mol. The quantitative estimate of drug-likeness (QED) is 0.722. The summed E-state index contributed by atoms with van der Waals surface area (Å²) in [6, 6.07) is 0.738. The fourth-order valence-corrected chi connectivity index (χ4v) is 1.87. The Morgan fingerprint density at radius 1 is 1.42 bits per heavy atom. The molecule has 1 aliphatic carbocycles. The second-order valence-corrected chi connectivity index (χ2v) is 6.71. The standard InChI is InChI=1S/C9H19NOS/c1-9(2,3)12(11)7-6-10-8-4-5-8/h8,10H,4-7H2,1-3H3. The molecule has 0 aromatic rings. The summed E-state index contributed by atoms with van der Waals surface area (Å²) in [4.78, 5) is 0. The fourth-order valence-electron chi connectivity index (χ4n) is 0.949. The molecule has 1 atom stereocenters. The Labute approximate surface area is 77.6 Å². The van der Waals surface area contributed by atoms with Crippen LogP contribution in [0.1, 0.15) is 33.6 Å². The van der Waals surface area contributed by atoms with Gasteiger partial charge in [0.05, 0.1) is 0 Å². The minimum absolute atomic E-state index is 0.0504. The molecule has 0 aromatic carbocycles. The van der Waals surface area contributed by atoms with Crippen molar-refractivity contribution in [2.75, 3.05) is 12.3 Å². The first-order chi connectivity index (χ1) is 5.50. The van der Waals surface area contributed by atoms with Crippen LogP contribution >= 0.6 is 0 Å². The van der Waals surface area contributed by atoms with Crippen molar-refractivity contribution in [2.24, 2.45) is 0 Å². The van der Waals surface area contributed by atoms with Crippen LogP contribution < -0.4 is 5.32 Å². The molecule has 3 heteroatoms. The molecule has 0 bridgehead atoms. The summed E-state index contributed by atoms with van der Waals surface area (Å²) in [5.74, 6) is 0.792. The van der Waals surface area contributed by atoms with Gasteiger partial charge in [-0.3, -0.25) is 4.21 Å². The highest BCUT2D eigenvalue weighted by molar-refractivity contribution is 7.86. The van der Waals surface area contributed by atoms with E-state index in [2.05, 4.69) is 5.32 Å². The summed E-state index contributed by atoms with van der Waals surface area (Å²) in [5, 5.41) is 3.37. The van der Waals surface area contributed by atoms with Gasteiger partial charge in [0, 0.05) is 33.9 Å². The highest BCUT2D eigenvalue weighted by Crippen LogP contribution is 2.18. The summed E-state index contributed by atoms with van der Waals surface area (Å²) in [5.41, 5.74) is 0. The lowest BCUT2D eigenvalue weighted by atomic mass is 10.3. The van der Waals surface area contributed by atoms with Gasteiger partial charge < -0.3 is 5.32 Å². The predicted molar refractivity (Wildman–Crippen MR) is 53.8 cm³/mol. The third-order valence-electron chi connectivity index (χ3n) is 1.98. The van der Waals surface area contributed by atoms with Crippen molar-refractivity contribution < 1.29 is 4.21 Å². The Morgan fingerprint density at radius 3 is 2.42 bits per heavy atom. The molecule has 0 saturated heterocycles. The molecule has 0 amide bonds. The van der Waals surface area contributed by atoms with Crippen LogP contribution in [0.15, 0.2) is 0 Å². The molecule has 0 aromatic heterocycles. The summed E-state index contributed by atoms with van der Waals surface area (Å²) >= 11 is 0. The zero-order valence-electron chi connectivity index (χ0n) is 8.22. The molecule has 2 nitrogen and oxygen atoms in total. The van der Waals surface area contributed by atoms with Crippen LogP contribution in [0.25, 0.3) is 0 Å². The van der Waals surface area contributed by atoms with Crippen LogP contribution in [-0.2, 0) is 10.8 Å².